The summed E-state index contributed by atoms with van der Waals surface area (Å²) in [6.07, 6.45) is -0.897. The Morgan fingerprint density at radius 2 is 2.21 bits per heavy atom. The summed E-state index contributed by atoms with van der Waals surface area (Å²) in [6.45, 7) is 5.00. The number of esters is 1. The number of hydrogen-bond acceptors (Lipinski definition) is 7. The highest BCUT2D eigenvalue weighted by atomic mass is 16.6. The van der Waals surface area contributed by atoms with Gasteiger partial charge in [-0.05, 0) is 12.8 Å². The number of aliphatic hydroxyl groups is 1. The zero-order chi connectivity index (χ0) is 18.0. The van der Waals surface area contributed by atoms with Gasteiger partial charge in [0, 0.05) is 18.2 Å². The van der Waals surface area contributed by atoms with Gasteiger partial charge in [0.05, 0.1) is 6.10 Å². The molecule has 24 heavy (non-hydrogen) atoms. The van der Waals surface area contributed by atoms with Gasteiger partial charge in [-0.15, -0.1) is 0 Å². The van der Waals surface area contributed by atoms with Gasteiger partial charge in [0.25, 0.3) is 5.56 Å². The first kappa shape index (κ1) is 18.4. The summed E-state index contributed by atoms with van der Waals surface area (Å²) < 4.78 is 11.9. The first-order valence-corrected chi connectivity index (χ1v) is 7.78. The van der Waals surface area contributed by atoms with Crippen LogP contribution in [0.5, 0.6) is 0 Å². The largest absolute Gasteiger partial charge is 0.462 e. The predicted molar refractivity (Wildman–Crippen MR) is 84.4 cm³/mol. The van der Waals surface area contributed by atoms with Crippen molar-refractivity contribution in [3.63, 3.8) is 0 Å². The number of nitrogens with zero attached hydrogens (tertiary/aromatic N) is 1. The molecule has 1 aliphatic heterocycles. The van der Waals surface area contributed by atoms with Crippen molar-refractivity contribution < 1.29 is 19.4 Å². The molecule has 4 N–H and O–H groups in total. The van der Waals surface area contributed by atoms with Crippen LogP contribution in [0.15, 0.2) is 15.8 Å². The summed E-state index contributed by atoms with van der Waals surface area (Å²) >= 11 is 0. The van der Waals surface area contributed by atoms with E-state index in [9.17, 15) is 19.5 Å². The van der Waals surface area contributed by atoms with E-state index in [-0.39, 0.29) is 18.9 Å². The van der Waals surface area contributed by atoms with Crippen molar-refractivity contribution in [3.8, 4) is 0 Å². The van der Waals surface area contributed by atoms with Gasteiger partial charge in [0.15, 0.2) is 0 Å². The van der Waals surface area contributed by atoms with Gasteiger partial charge in [-0.1, -0.05) is 13.8 Å². The molecule has 134 valence electrons. The minimum absolute atomic E-state index is 0.0673. The first-order valence-electron chi connectivity index (χ1n) is 7.78. The average Bonchev–Trinajstić information content (AvgIpc) is 2.88. The molecule has 9 heteroatoms. The Balaban J connectivity index is 2.02. The second-order valence-corrected chi connectivity index (χ2v) is 6.31. The Morgan fingerprint density at radius 3 is 2.83 bits per heavy atom. The third-order valence-electron chi connectivity index (χ3n) is 4.04. The van der Waals surface area contributed by atoms with Crippen LogP contribution in [-0.2, 0) is 14.3 Å². The number of hydrogen-bond donors (Lipinski definition) is 3. The van der Waals surface area contributed by atoms with Crippen LogP contribution in [0, 0.1) is 12.8 Å². The molecule has 0 amide bonds. The maximum Gasteiger partial charge on any atom is 0.330 e. The molecule has 0 aliphatic carbocycles. The monoisotopic (exact) mass is 341 g/mol. The quantitative estimate of drug-likeness (QED) is 0.585. The van der Waals surface area contributed by atoms with Gasteiger partial charge in [0.1, 0.15) is 25.0 Å². The molecular weight excluding hydrogens is 318 g/mol. The molecule has 2 heterocycles. The number of aliphatic hydroxyl groups excluding tert-OH is 1. The van der Waals surface area contributed by atoms with Crippen LogP contribution in [0.3, 0.4) is 0 Å². The molecule has 0 unspecified atom stereocenters. The van der Waals surface area contributed by atoms with Crippen molar-refractivity contribution in [2.45, 2.75) is 51.7 Å². The minimum Gasteiger partial charge on any atom is -0.462 e. The molecule has 1 aromatic rings. The van der Waals surface area contributed by atoms with Crippen molar-refractivity contribution in [2.24, 2.45) is 11.7 Å². The first-order chi connectivity index (χ1) is 11.2. The zero-order valence-corrected chi connectivity index (χ0v) is 13.9. The fourth-order valence-electron chi connectivity index (χ4n) is 2.37. The summed E-state index contributed by atoms with van der Waals surface area (Å²) in [6, 6.07) is -0.746. The Morgan fingerprint density at radius 1 is 1.54 bits per heavy atom. The summed E-state index contributed by atoms with van der Waals surface area (Å²) in [7, 11) is 0. The summed E-state index contributed by atoms with van der Waals surface area (Å²) in [5, 5.41) is 10.1. The summed E-state index contributed by atoms with van der Waals surface area (Å²) in [5.74, 6) is -0.635. The van der Waals surface area contributed by atoms with Gasteiger partial charge < -0.3 is 20.3 Å². The topological polar surface area (TPSA) is 137 Å². The zero-order valence-electron chi connectivity index (χ0n) is 13.9. The van der Waals surface area contributed by atoms with E-state index >= 15 is 0 Å². The number of aromatic nitrogens is 2. The number of H-pyrrole nitrogens is 1. The van der Waals surface area contributed by atoms with Gasteiger partial charge in [-0.3, -0.25) is 19.1 Å². The molecule has 9 nitrogen and oxygen atoms in total. The molecular formula is C15H23N3O6. The lowest BCUT2D eigenvalue weighted by Gasteiger charge is -2.19. The molecule has 1 aromatic heterocycles. The Kier molecular flexibility index (Phi) is 5.58. The SMILES string of the molecule is Cc1cn([C@H]2C[C@H](O)[C@@H](COC(=O)[C@@H](N)C(C)C)O2)c(=O)[nH]c1=O. The number of nitrogens with one attached hydrogen (secondary N) is 1. The van der Waals surface area contributed by atoms with Gasteiger partial charge in [-0.25, -0.2) is 4.79 Å². The molecule has 4 atom stereocenters. The highest BCUT2D eigenvalue weighted by Crippen LogP contribution is 2.27. The maximum atomic E-state index is 11.9. The predicted octanol–water partition coefficient (Wildman–Crippen LogP) is -0.980. The molecule has 1 aliphatic rings. The maximum absolute atomic E-state index is 11.9. The number of aromatic amines is 1. The van der Waals surface area contributed by atoms with E-state index in [1.807, 2.05) is 0 Å². The van der Waals surface area contributed by atoms with E-state index in [1.165, 1.54) is 10.8 Å². The van der Waals surface area contributed by atoms with Crippen LogP contribution in [0.4, 0.5) is 0 Å². The van der Waals surface area contributed by atoms with Gasteiger partial charge in [-0.2, -0.15) is 0 Å². The van der Waals surface area contributed by atoms with Crippen molar-refractivity contribution in [3.05, 3.63) is 32.6 Å². The number of nitrogens with two attached hydrogens (primary N) is 1. The van der Waals surface area contributed by atoms with Crippen molar-refractivity contribution in [1.82, 2.24) is 9.55 Å². The van der Waals surface area contributed by atoms with Crippen LogP contribution >= 0.6 is 0 Å². The molecule has 0 radical (unpaired) electrons. The third-order valence-corrected chi connectivity index (χ3v) is 4.04. The molecule has 0 spiro atoms. The third kappa shape index (κ3) is 3.92. The normalized spacial score (nSPS) is 25.0. The van der Waals surface area contributed by atoms with E-state index < -0.39 is 41.7 Å². The second kappa shape index (κ2) is 7.29. The van der Waals surface area contributed by atoms with Gasteiger partial charge >= 0.3 is 11.7 Å². The highest BCUT2D eigenvalue weighted by molar-refractivity contribution is 5.75. The summed E-state index contributed by atoms with van der Waals surface area (Å²) in [5.41, 5.74) is 4.95. The van der Waals surface area contributed by atoms with Gasteiger partial charge in [0.2, 0.25) is 0 Å². The van der Waals surface area contributed by atoms with E-state index in [0.29, 0.717) is 5.56 Å². The minimum atomic E-state index is -0.905. The fourth-order valence-corrected chi connectivity index (χ4v) is 2.37. The Hall–Kier alpha value is -1.97. The van der Waals surface area contributed by atoms with Crippen LogP contribution in [0.1, 0.15) is 32.1 Å². The summed E-state index contributed by atoms with van der Waals surface area (Å²) in [4.78, 5) is 37.2. The van der Waals surface area contributed by atoms with Crippen LogP contribution in [0.2, 0.25) is 0 Å². The Labute approximate surface area is 138 Å². The lowest BCUT2D eigenvalue weighted by atomic mass is 10.1. The van der Waals surface area contributed by atoms with E-state index in [2.05, 4.69) is 4.98 Å². The number of carbonyl (C=O) groups excluding carboxylic acids is 1. The van der Waals surface area contributed by atoms with E-state index in [4.69, 9.17) is 15.2 Å². The van der Waals surface area contributed by atoms with Crippen molar-refractivity contribution in [2.75, 3.05) is 6.61 Å². The van der Waals surface area contributed by atoms with Crippen LogP contribution < -0.4 is 17.0 Å². The molecule has 0 saturated carbocycles. The molecule has 1 saturated heterocycles. The number of aryl methyl sites for hydroxylation is 1. The van der Waals surface area contributed by atoms with Crippen LogP contribution in [0.25, 0.3) is 0 Å². The number of carbonyl (C=O) groups is 1. The van der Waals surface area contributed by atoms with E-state index in [0.717, 1.165) is 0 Å². The smallest absolute Gasteiger partial charge is 0.330 e. The standard InChI is InChI=1S/C15H23N3O6/c1-7(2)12(16)14(21)23-6-10-9(19)4-11(24-10)18-5-8(3)13(20)17-15(18)22/h5,7,9-12,19H,4,6,16H2,1-3H3,(H,17,20,22)/t9-,10+,11+,12-/m0/s1. The lowest BCUT2D eigenvalue weighted by molar-refractivity contribution is -0.152. The van der Waals surface area contributed by atoms with Crippen LogP contribution in [-0.4, -0.2) is 45.5 Å². The highest BCUT2D eigenvalue weighted by Gasteiger charge is 2.36. The molecule has 2 rings (SSSR count). The number of ether oxygens (including phenoxy) is 2. The van der Waals surface area contributed by atoms with Crippen molar-refractivity contribution >= 4 is 5.97 Å². The average molecular weight is 341 g/mol. The Bertz CT molecular complexity index is 710. The second-order valence-electron chi connectivity index (χ2n) is 6.31. The van der Waals surface area contributed by atoms with Crippen molar-refractivity contribution in [1.29, 1.82) is 0 Å². The fraction of sp³-hybridized carbons (Fsp3) is 0.667. The molecule has 0 aromatic carbocycles. The lowest BCUT2D eigenvalue weighted by Crippen LogP contribution is -2.39. The number of rotatable bonds is 5. The molecule has 0 bridgehead atoms. The van der Waals surface area contributed by atoms with E-state index in [1.54, 1.807) is 20.8 Å². The molecule has 1 fully saturated rings.